The van der Waals surface area contributed by atoms with Crippen LogP contribution in [0.4, 0.5) is 0 Å². The number of hydrogen-bond acceptors (Lipinski definition) is 1. The van der Waals surface area contributed by atoms with E-state index < -0.39 is 0 Å². The van der Waals surface area contributed by atoms with Gasteiger partial charge in [0.2, 0.25) is 0 Å². The highest BCUT2D eigenvalue weighted by Crippen LogP contribution is 2.22. The normalized spacial score (nSPS) is 14.8. The van der Waals surface area contributed by atoms with Gasteiger partial charge in [-0.25, -0.2) is 0 Å². The first-order valence-electron chi connectivity index (χ1n) is 5.28. The second-order valence-electron chi connectivity index (χ2n) is 4.05. The third-order valence-electron chi connectivity index (χ3n) is 2.71. The molecule has 4 heteroatoms. The minimum atomic E-state index is 0.467. The van der Waals surface area contributed by atoms with E-state index in [1.807, 2.05) is 18.2 Å². The first-order chi connectivity index (χ1) is 7.54. The van der Waals surface area contributed by atoms with Crippen LogP contribution in [0.2, 0.25) is 10.0 Å². The molecule has 0 aromatic heterocycles. The van der Waals surface area contributed by atoms with E-state index in [9.17, 15) is 0 Å². The molecule has 0 heterocycles. The molecule has 2 atom stereocenters. The summed E-state index contributed by atoms with van der Waals surface area (Å²) < 4.78 is 0. The Kier molecular flexibility index (Phi) is 6.12. The maximum Gasteiger partial charge on any atom is 0.0595 e. The SMILES string of the molecule is CC(CBr)C(C)NCc1ccc(Cl)c(Cl)c1. The second-order valence-corrected chi connectivity index (χ2v) is 5.51. The number of nitrogens with one attached hydrogen (secondary N) is 1. The van der Waals surface area contributed by atoms with Crippen molar-refractivity contribution in [2.75, 3.05) is 5.33 Å². The van der Waals surface area contributed by atoms with Crippen LogP contribution in [0.3, 0.4) is 0 Å². The predicted molar refractivity (Wildman–Crippen MR) is 75.7 cm³/mol. The molecule has 0 aliphatic rings. The molecule has 16 heavy (non-hydrogen) atoms. The summed E-state index contributed by atoms with van der Waals surface area (Å²) in [4.78, 5) is 0. The van der Waals surface area contributed by atoms with Crippen LogP contribution >= 0.6 is 39.1 Å². The van der Waals surface area contributed by atoms with Crippen molar-refractivity contribution < 1.29 is 0 Å². The van der Waals surface area contributed by atoms with Crippen LogP contribution in [-0.4, -0.2) is 11.4 Å². The molecule has 1 nitrogen and oxygen atoms in total. The van der Waals surface area contributed by atoms with Crippen molar-refractivity contribution >= 4 is 39.1 Å². The molecule has 1 aromatic carbocycles. The van der Waals surface area contributed by atoms with Gasteiger partial charge >= 0.3 is 0 Å². The van der Waals surface area contributed by atoms with Crippen molar-refractivity contribution in [3.05, 3.63) is 33.8 Å². The molecule has 1 aromatic rings. The summed E-state index contributed by atoms with van der Waals surface area (Å²) in [6, 6.07) is 6.20. The van der Waals surface area contributed by atoms with Crippen LogP contribution in [0.1, 0.15) is 19.4 Å². The summed E-state index contributed by atoms with van der Waals surface area (Å²) in [5.74, 6) is 0.600. The van der Waals surface area contributed by atoms with E-state index in [2.05, 4.69) is 35.1 Å². The number of halogens is 3. The molecule has 2 unspecified atom stereocenters. The number of rotatable bonds is 5. The Hall–Kier alpha value is 0.240. The first-order valence-corrected chi connectivity index (χ1v) is 7.15. The molecule has 1 rings (SSSR count). The van der Waals surface area contributed by atoms with Crippen molar-refractivity contribution in [3.8, 4) is 0 Å². The monoisotopic (exact) mass is 323 g/mol. The van der Waals surface area contributed by atoms with Gasteiger partial charge in [0.15, 0.2) is 0 Å². The Morgan fingerprint density at radius 3 is 2.50 bits per heavy atom. The van der Waals surface area contributed by atoms with Crippen LogP contribution in [0, 0.1) is 5.92 Å². The van der Waals surface area contributed by atoms with E-state index in [-0.39, 0.29) is 0 Å². The van der Waals surface area contributed by atoms with Gasteiger partial charge in [0.25, 0.3) is 0 Å². The summed E-state index contributed by atoms with van der Waals surface area (Å²) in [5, 5.41) is 5.68. The molecule has 0 saturated heterocycles. The lowest BCUT2D eigenvalue weighted by molar-refractivity contribution is 0.433. The minimum Gasteiger partial charge on any atom is -0.310 e. The van der Waals surface area contributed by atoms with Crippen LogP contribution in [0.15, 0.2) is 18.2 Å². The van der Waals surface area contributed by atoms with Gasteiger partial charge in [-0.3, -0.25) is 0 Å². The van der Waals surface area contributed by atoms with Crippen LogP contribution in [0.25, 0.3) is 0 Å². The maximum atomic E-state index is 5.95. The quantitative estimate of drug-likeness (QED) is 0.786. The Morgan fingerprint density at radius 1 is 1.25 bits per heavy atom. The Bertz CT molecular complexity index is 344. The lowest BCUT2D eigenvalue weighted by Gasteiger charge is -2.19. The van der Waals surface area contributed by atoms with Gasteiger partial charge in [0, 0.05) is 17.9 Å². The highest BCUT2D eigenvalue weighted by molar-refractivity contribution is 9.09. The Labute approximate surface area is 116 Å². The maximum absolute atomic E-state index is 5.95. The summed E-state index contributed by atoms with van der Waals surface area (Å²) in [5.41, 5.74) is 1.16. The minimum absolute atomic E-state index is 0.467. The van der Waals surface area contributed by atoms with E-state index in [0.717, 1.165) is 17.4 Å². The molecule has 90 valence electrons. The van der Waals surface area contributed by atoms with Gasteiger partial charge in [0.1, 0.15) is 0 Å². The lowest BCUT2D eigenvalue weighted by atomic mass is 10.1. The highest BCUT2D eigenvalue weighted by Gasteiger charge is 2.10. The molecule has 0 bridgehead atoms. The van der Waals surface area contributed by atoms with Crippen molar-refractivity contribution in [2.24, 2.45) is 5.92 Å². The fourth-order valence-electron chi connectivity index (χ4n) is 1.26. The zero-order chi connectivity index (χ0) is 12.1. The summed E-state index contributed by atoms with van der Waals surface area (Å²) >= 11 is 15.3. The zero-order valence-electron chi connectivity index (χ0n) is 9.43. The van der Waals surface area contributed by atoms with Gasteiger partial charge in [-0.2, -0.15) is 0 Å². The third-order valence-corrected chi connectivity index (χ3v) is 4.47. The molecule has 0 aliphatic heterocycles. The smallest absolute Gasteiger partial charge is 0.0595 e. The van der Waals surface area contributed by atoms with Crippen molar-refractivity contribution in [2.45, 2.75) is 26.4 Å². The fourth-order valence-corrected chi connectivity index (χ4v) is 2.14. The highest BCUT2D eigenvalue weighted by atomic mass is 79.9. The molecule has 0 aliphatic carbocycles. The standard InChI is InChI=1S/C12H16BrCl2N/c1-8(6-13)9(2)16-7-10-3-4-11(14)12(15)5-10/h3-5,8-9,16H,6-7H2,1-2H3. The van der Waals surface area contributed by atoms with Gasteiger partial charge in [-0.1, -0.05) is 52.1 Å². The third kappa shape index (κ3) is 4.25. The largest absolute Gasteiger partial charge is 0.310 e. The van der Waals surface area contributed by atoms with Gasteiger partial charge < -0.3 is 5.32 Å². The van der Waals surface area contributed by atoms with Gasteiger partial charge in [0.05, 0.1) is 10.0 Å². The molecule has 1 N–H and O–H groups in total. The van der Waals surface area contributed by atoms with E-state index in [4.69, 9.17) is 23.2 Å². The summed E-state index contributed by atoms with van der Waals surface area (Å²) in [7, 11) is 0. The van der Waals surface area contributed by atoms with E-state index >= 15 is 0 Å². The van der Waals surface area contributed by atoms with Crippen molar-refractivity contribution in [1.29, 1.82) is 0 Å². The Balaban J connectivity index is 2.51. The van der Waals surface area contributed by atoms with Gasteiger partial charge in [-0.05, 0) is 30.5 Å². The van der Waals surface area contributed by atoms with Crippen LogP contribution in [0.5, 0.6) is 0 Å². The number of alkyl halides is 1. The van der Waals surface area contributed by atoms with Crippen molar-refractivity contribution in [1.82, 2.24) is 5.32 Å². The van der Waals surface area contributed by atoms with E-state index in [0.29, 0.717) is 22.0 Å². The molecular formula is C12H16BrCl2N. The lowest BCUT2D eigenvalue weighted by Crippen LogP contribution is -2.32. The topological polar surface area (TPSA) is 12.0 Å². The van der Waals surface area contributed by atoms with Gasteiger partial charge in [-0.15, -0.1) is 0 Å². The van der Waals surface area contributed by atoms with Crippen LogP contribution < -0.4 is 5.32 Å². The zero-order valence-corrected chi connectivity index (χ0v) is 12.5. The fraction of sp³-hybridized carbons (Fsp3) is 0.500. The number of benzene rings is 1. The van der Waals surface area contributed by atoms with E-state index in [1.54, 1.807) is 0 Å². The molecular weight excluding hydrogens is 309 g/mol. The molecule has 0 radical (unpaired) electrons. The molecule has 0 amide bonds. The van der Waals surface area contributed by atoms with E-state index in [1.165, 1.54) is 0 Å². The van der Waals surface area contributed by atoms with Crippen LogP contribution in [-0.2, 0) is 6.54 Å². The molecule has 0 spiro atoms. The summed E-state index contributed by atoms with van der Waals surface area (Å²) in [6.07, 6.45) is 0. The summed E-state index contributed by atoms with van der Waals surface area (Å²) in [6.45, 7) is 5.21. The number of hydrogen-bond donors (Lipinski definition) is 1. The predicted octanol–water partition coefficient (Wildman–Crippen LogP) is 4.50. The second kappa shape index (κ2) is 6.85. The molecule has 0 fully saturated rings. The molecule has 0 saturated carbocycles. The Morgan fingerprint density at radius 2 is 1.94 bits per heavy atom. The average molecular weight is 325 g/mol. The average Bonchev–Trinajstić information content (AvgIpc) is 2.29. The first kappa shape index (κ1) is 14.3. The van der Waals surface area contributed by atoms with Crippen molar-refractivity contribution in [3.63, 3.8) is 0 Å².